The highest BCUT2D eigenvalue weighted by atomic mass is 32.1. The predicted molar refractivity (Wildman–Crippen MR) is 94.4 cm³/mol. The lowest BCUT2D eigenvalue weighted by atomic mass is 10.2. The molecule has 0 saturated carbocycles. The average molecular weight is 341 g/mol. The second-order valence-corrected chi connectivity index (χ2v) is 6.17. The number of halogens is 1. The summed E-state index contributed by atoms with van der Waals surface area (Å²) in [6.45, 7) is 0.392. The number of hydrogen-bond donors (Lipinski definition) is 1. The smallest absolute Gasteiger partial charge is 0.323 e. The lowest BCUT2D eigenvalue weighted by molar-refractivity contribution is 0.220. The van der Waals surface area contributed by atoms with E-state index in [4.69, 9.17) is 0 Å². The molecule has 4 nitrogen and oxygen atoms in total. The third-order valence-electron chi connectivity index (χ3n) is 3.47. The van der Waals surface area contributed by atoms with Gasteiger partial charge in [0.05, 0.1) is 5.69 Å². The molecule has 1 aromatic heterocycles. The van der Waals surface area contributed by atoms with Crippen LogP contribution in [-0.4, -0.2) is 23.0 Å². The molecule has 2 aromatic carbocycles. The van der Waals surface area contributed by atoms with Crippen molar-refractivity contribution >= 4 is 22.5 Å². The molecule has 0 radical (unpaired) electrons. The van der Waals surface area contributed by atoms with Crippen molar-refractivity contribution in [1.82, 2.24) is 9.88 Å². The average Bonchev–Trinajstić information content (AvgIpc) is 3.06. The molecule has 0 atom stereocenters. The Morgan fingerprint density at radius 3 is 2.58 bits per heavy atom. The molecule has 0 aliphatic rings. The van der Waals surface area contributed by atoms with Gasteiger partial charge in [-0.15, -0.1) is 11.3 Å². The second-order valence-electron chi connectivity index (χ2n) is 5.32. The van der Waals surface area contributed by atoms with Crippen LogP contribution < -0.4 is 5.32 Å². The van der Waals surface area contributed by atoms with E-state index >= 15 is 0 Å². The summed E-state index contributed by atoms with van der Waals surface area (Å²) in [6, 6.07) is 15.6. The first kappa shape index (κ1) is 16.1. The van der Waals surface area contributed by atoms with Crippen LogP contribution in [0.1, 0.15) is 5.56 Å². The Bertz CT molecular complexity index is 818. The number of carbonyl (C=O) groups is 1. The molecule has 3 aromatic rings. The molecule has 0 bridgehead atoms. The Morgan fingerprint density at radius 1 is 1.17 bits per heavy atom. The molecule has 0 aliphatic carbocycles. The predicted octanol–water partition coefficient (Wildman–Crippen LogP) is 4.61. The normalized spacial score (nSPS) is 10.4. The number of benzene rings is 2. The van der Waals surface area contributed by atoms with Crippen molar-refractivity contribution in [2.45, 2.75) is 6.54 Å². The minimum Gasteiger partial charge on any atom is -0.323 e. The maximum absolute atomic E-state index is 12.9. The fourth-order valence-electron chi connectivity index (χ4n) is 2.20. The summed E-state index contributed by atoms with van der Waals surface area (Å²) in [6.07, 6.45) is 0. The van der Waals surface area contributed by atoms with Gasteiger partial charge in [0.15, 0.2) is 5.13 Å². The van der Waals surface area contributed by atoms with Crippen molar-refractivity contribution in [1.29, 1.82) is 0 Å². The van der Waals surface area contributed by atoms with Crippen LogP contribution in [0.25, 0.3) is 11.3 Å². The van der Waals surface area contributed by atoms with E-state index in [2.05, 4.69) is 10.3 Å². The molecule has 0 fully saturated rings. The molecule has 2 amide bonds. The third-order valence-corrected chi connectivity index (χ3v) is 4.23. The topological polar surface area (TPSA) is 45.2 Å². The number of carbonyl (C=O) groups excluding carboxylic acids is 1. The molecule has 0 spiro atoms. The molecule has 24 heavy (non-hydrogen) atoms. The molecule has 1 heterocycles. The summed E-state index contributed by atoms with van der Waals surface area (Å²) in [4.78, 5) is 18.2. The summed E-state index contributed by atoms with van der Waals surface area (Å²) < 4.78 is 12.9. The van der Waals surface area contributed by atoms with E-state index in [1.54, 1.807) is 19.2 Å². The summed E-state index contributed by atoms with van der Waals surface area (Å²) in [5.41, 5.74) is 2.70. The molecule has 3 rings (SSSR count). The van der Waals surface area contributed by atoms with Gasteiger partial charge in [-0.1, -0.05) is 42.5 Å². The Kier molecular flexibility index (Phi) is 4.86. The second kappa shape index (κ2) is 7.23. The number of hydrogen-bond acceptors (Lipinski definition) is 3. The number of rotatable bonds is 4. The Labute approximate surface area is 143 Å². The first-order chi connectivity index (χ1) is 11.6. The summed E-state index contributed by atoms with van der Waals surface area (Å²) >= 11 is 1.38. The van der Waals surface area contributed by atoms with Crippen LogP contribution in [0.3, 0.4) is 0 Å². The van der Waals surface area contributed by atoms with Gasteiger partial charge in [0, 0.05) is 24.5 Å². The van der Waals surface area contributed by atoms with E-state index < -0.39 is 0 Å². The van der Waals surface area contributed by atoms with Crippen LogP contribution >= 0.6 is 11.3 Å². The van der Waals surface area contributed by atoms with E-state index in [1.165, 1.54) is 28.4 Å². The van der Waals surface area contributed by atoms with Crippen molar-refractivity contribution in [2.75, 3.05) is 12.4 Å². The molecular weight excluding hydrogens is 325 g/mol. The number of nitrogens with one attached hydrogen (secondary N) is 1. The highest BCUT2D eigenvalue weighted by molar-refractivity contribution is 7.14. The van der Waals surface area contributed by atoms with Gasteiger partial charge in [-0.05, 0) is 17.7 Å². The van der Waals surface area contributed by atoms with Crippen molar-refractivity contribution in [3.63, 3.8) is 0 Å². The zero-order valence-corrected chi connectivity index (χ0v) is 13.9. The van der Waals surface area contributed by atoms with E-state index in [0.717, 1.165) is 16.8 Å². The van der Waals surface area contributed by atoms with Crippen molar-refractivity contribution in [3.05, 3.63) is 71.4 Å². The third kappa shape index (κ3) is 3.97. The van der Waals surface area contributed by atoms with Gasteiger partial charge in [-0.2, -0.15) is 0 Å². The maximum atomic E-state index is 12.9. The number of aromatic nitrogens is 1. The van der Waals surface area contributed by atoms with E-state index in [1.807, 2.05) is 35.7 Å². The molecular formula is C18H16FN3OS. The van der Waals surface area contributed by atoms with Gasteiger partial charge in [0.1, 0.15) is 5.82 Å². The first-order valence-corrected chi connectivity index (χ1v) is 8.27. The van der Waals surface area contributed by atoms with Gasteiger partial charge in [0.2, 0.25) is 0 Å². The lowest BCUT2D eigenvalue weighted by Gasteiger charge is -2.17. The number of amides is 2. The van der Waals surface area contributed by atoms with Gasteiger partial charge >= 0.3 is 6.03 Å². The van der Waals surface area contributed by atoms with Gasteiger partial charge < -0.3 is 4.90 Å². The molecule has 0 aliphatic heterocycles. The van der Waals surface area contributed by atoms with E-state index in [9.17, 15) is 9.18 Å². The quantitative estimate of drug-likeness (QED) is 0.753. The number of nitrogens with zero attached hydrogens (tertiary/aromatic N) is 2. The molecule has 0 saturated heterocycles. The number of anilines is 1. The summed E-state index contributed by atoms with van der Waals surface area (Å²) in [5.74, 6) is -0.290. The number of thiazole rings is 1. The van der Waals surface area contributed by atoms with Crippen LogP contribution in [0.4, 0.5) is 14.3 Å². The van der Waals surface area contributed by atoms with Gasteiger partial charge in [-0.25, -0.2) is 14.2 Å². The maximum Gasteiger partial charge on any atom is 0.323 e. The van der Waals surface area contributed by atoms with Gasteiger partial charge in [-0.3, -0.25) is 5.32 Å². The van der Waals surface area contributed by atoms with Gasteiger partial charge in [0.25, 0.3) is 0 Å². The Morgan fingerprint density at radius 2 is 1.88 bits per heavy atom. The lowest BCUT2D eigenvalue weighted by Crippen LogP contribution is -2.30. The van der Waals surface area contributed by atoms with Crippen LogP contribution in [0, 0.1) is 5.82 Å². The molecule has 6 heteroatoms. The largest absolute Gasteiger partial charge is 0.323 e. The zero-order valence-electron chi connectivity index (χ0n) is 13.1. The molecule has 122 valence electrons. The highest BCUT2D eigenvalue weighted by Crippen LogP contribution is 2.24. The Balaban J connectivity index is 1.62. The van der Waals surface area contributed by atoms with Crippen LogP contribution in [0.5, 0.6) is 0 Å². The summed E-state index contributed by atoms with van der Waals surface area (Å²) in [5, 5.41) is 5.24. The summed E-state index contributed by atoms with van der Waals surface area (Å²) in [7, 11) is 1.68. The fraction of sp³-hybridized carbons (Fsp3) is 0.111. The monoisotopic (exact) mass is 341 g/mol. The molecule has 0 unspecified atom stereocenters. The first-order valence-electron chi connectivity index (χ1n) is 7.39. The zero-order chi connectivity index (χ0) is 16.9. The standard InChI is InChI=1S/C18H16FN3OS/c1-22(11-13-7-9-15(19)10-8-13)18(23)21-17-20-16(12-24-17)14-5-3-2-4-6-14/h2-10,12H,11H2,1H3,(H,20,21,23). The van der Waals surface area contributed by atoms with Crippen LogP contribution in [0.15, 0.2) is 60.0 Å². The fourth-order valence-corrected chi connectivity index (χ4v) is 2.90. The van der Waals surface area contributed by atoms with Crippen molar-refractivity contribution in [3.8, 4) is 11.3 Å². The van der Waals surface area contributed by atoms with E-state index in [-0.39, 0.29) is 11.8 Å². The van der Waals surface area contributed by atoms with Crippen molar-refractivity contribution < 1.29 is 9.18 Å². The minimum absolute atomic E-state index is 0.256. The van der Waals surface area contributed by atoms with Crippen molar-refractivity contribution in [2.24, 2.45) is 0 Å². The molecule has 1 N–H and O–H groups in total. The SMILES string of the molecule is CN(Cc1ccc(F)cc1)C(=O)Nc1nc(-c2ccccc2)cs1. The minimum atomic E-state index is -0.290. The van der Waals surface area contributed by atoms with E-state index in [0.29, 0.717) is 11.7 Å². The highest BCUT2D eigenvalue weighted by Gasteiger charge is 2.12. The number of urea groups is 1. The Hall–Kier alpha value is -2.73. The van der Waals surface area contributed by atoms with Crippen LogP contribution in [-0.2, 0) is 6.54 Å². The van der Waals surface area contributed by atoms with Crippen LogP contribution in [0.2, 0.25) is 0 Å².